The van der Waals surface area contributed by atoms with Gasteiger partial charge in [0.15, 0.2) is 0 Å². The maximum Gasteiger partial charge on any atom is -0.00112 e. The van der Waals surface area contributed by atoms with Crippen LogP contribution in [0.15, 0.2) is 60.2 Å². The monoisotopic (exact) mass is 241 g/mol. The summed E-state index contributed by atoms with van der Waals surface area (Å²) in [6.45, 7) is 4.02. The molecule has 0 saturated carbocycles. The predicted molar refractivity (Wildman–Crippen MR) is 78.5 cm³/mol. The first-order valence-corrected chi connectivity index (χ1v) is 6.56. The van der Waals surface area contributed by atoms with Gasteiger partial charge in [-0.2, -0.15) is 0 Å². The molecule has 2 aromatic carbocycles. The first-order valence-electron chi connectivity index (χ1n) is 6.56. The van der Waals surface area contributed by atoms with Gasteiger partial charge >= 0.3 is 0 Å². The molecule has 2 aliphatic carbocycles. The summed E-state index contributed by atoms with van der Waals surface area (Å²) in [4.78, 5) is 0. The summed E-state index contributed by atoms with van der Waals surface area (Å²) in [6.07, 6.45) is 7.57. The number of fused-ring (bicyclic) bond motifs is 2. The zero-order chi connectivity index (χ0) is 12.8. The summed E-state index contributed by atoms with van der Waals surface area (Å²) in [5.41, 5.74) is 3.93. The van der Waals surface area contributed by atoms with Gasteiger partial charge in [-0.1, -0.05) is 61.2 Å². The maximum absolute atomic E-state index is 4.02. The molecule has 19 heavy (non-hydrogen) atoms. The lowest BCUT2D eigenvalue weighted by Crippen LogP contribution is -2.07. The first kappa shape index (κ1) is 10.6. The fourth-order valence-corrected chi connectivity index (χ4v) is 3.00. The molecule has 0 aliphatic heterocycles. The minimum Gasteiger partial charge on any atom is -0.0911 e. The highest BCUT2D eigenvalue weighted by atomic mass is 14.2. The van der Waals surface area contributed by atoms with Crippen molar-refractivity contribution in [2.24, 2.45) is 0 Å². The van der Waals surface area contributed by atoms with Crippen LogP contribution in [0.25, 0.3) is 12.2 Å². The van der Waals surface area contributed by atoms with E-state index in [0.717, 1.165) is 11.6 Å². The zero-order valence-electron chi connectivity index (χ0n) is 10.6. The van der Waals surface area contributed by atoms with Crippen LogP contribution in [0.5, 0.6) is 0 Å². The standard InChI is InChI=1S/C19H13/c1-13-10-11-16-15-8-4-5-9-17(15)19(18(16)12-13)14-6-2-3-7-14/h2-6,8-11H,1,7H2. The van der Waals surface area contributed by atoms with Crippen LogP contribution < -0.4 is 10.4 Å². The van der Waals surface area contributed by atoms with E-state index in [1.807, 2.05) is 6.07 Å². The Hall–Kier alpha value is -2.34. The summed E-state index contributed by atoms with van der Waals surface area (Å²) in [5.74, 6) is 0. The molecular formula is C19H13. The van der Waals surface area contributed by atoms with Crippen molar-refractivity contribution < 1.29 is 0 Å². The molecule has 0 fully saturated rings. The third-order valence-corrected chi connectivity index (χ3v) is 3.84. The van der Waals surface area contributed by atoms with E-state index < -0.39 is 0 Å². The van der Waals surface area contributed by atoms with Gasteiger partial charge in [0.1, 0.15) is 0 Å². The van der Waals surface area contributed by atoms with Crippen molar-refractivity contribution in [1.82, 2.24) is 0 Å². The number of rotatable bonds is 1. The molecule has 0 bridgehead atoms. The van der Waals surface area contributed by atoms with Gasteiger partial charge < -0.3 is 0 Å². The van der Waals surface area contributed by atoms with E-state index in [9.17, 15) is 0 Å². The highest BCUT2D eigenvalue weighted by Crippen LogP contribution is 2.28. The highest BCUT2D eigenvalue weighted by Gasteiger charge is 2.16. The van der Waals surface area contributed by atoms with Gasteiger partial charge in [-0.15, -0.1) is 0 Å². The third-order valence-electron chi connectivity index (χ3n) is 3.84. The van der Waals surface area contributed by atoms with Gasteiger partial charge in [-0.05, 0) is 50.1 Å². The Balaban J connectivity index is 2.21. The normalized spacial score (nSPS) is 15.4. The van der Waals surface area contributed by atoms with E-state index in [-0.39, 0.29) is 0 Å². The molecule has 4 rings (SSSR count). The van der Waals surface area contributed by atoms with Gasteiger partial charge in [-0.25, -0.2) is 0 Å². The molecule has 0 atom stereocenters. The summed E-state index contributed by atoms with van der Waals surface area (Å²) in [5, 5.41) is 4.88. The molecule has 0 heteroatoms. The molecule has 0 nitrogen and oxygen atoms in total. The number of allylic oxidation sites excluding steroid dienone is 4. The van der Waals surface area contributed by atoms with E-state index in [0.29, 0.717) is 0 Å². The van der Waals surface area contributed by atoms with Crippen molar-refractivity contribution >= 4 is 12.2 Å². The molecule has 0 aromatic heterocycles. The molecule has 2 aromatic rings. The van der Waals surface area contributed by atoms with Crippen LogP contribution in [0.4, 0.5) is 0 Å². The van der Waals surface area contributed by atoms with Gasteiger partial charge in [0.25, 0.3) is 0 Å². The molecule has 0 spiro atoms. The van der Waals surface area contributed by atoms with Crippen molar-refractivity contribution in [1.29, 1.82) is 0 Å². The number of benzene rings is 2. The maximum atomic E-state index is 4.02. The fourth-order valence-electron chi connectivity index (χ4n) is 3.00. The number of hydrogen-bond donors (Lipinski definition) is 0. The average molecular weight is 241 g/mol. The van der Waals surface area contributed by atoms with Crippen LogP contribution in [0.1, 0.15) is 12.0 Å². The molecular weight excluding hydrogens is 228 g/mol. The van der Waals surface area contributed by atoms with Crippen molar-refractivity contribution in [2.45, 2.75) is 6.42 Å². The van der Waals surface area contributed by atoms with Crippen molar-refractivity contribution in [3.05, 3.63) is 92.7 Å². The minimum atomic E-state index is 0.954. The van der Waals surface area contributed by atoms with Crippen LogP contribution in [0.2, 0.25) is 0 Å². The Morgan fingerprint density at radius 2 is 1.79 bits per heavy atom. The first-order chi connectivity index (χ1) is 9.34. The van der Waals surface area contributed by atoms with Crippen molar-refractivity contribution in [2.75, 3.05) is 0 Å². The molecule has 2 aliphatic rings. The Bertz CT molecular complexity index is 940. The van der Waals surface area contributed by atoms with Crippen LogP contribution >= 0.6 is 0 Å². The Labute approximate surface area is 112 Å². The third kappa shape index (κ3) is 1.47. The van der Waals surface area contributed by atoms with Crippen LogP contribution in [0.3, 0.4) is 0 Å². The average Bonchev–Trinajstić information content (AvgIpc) is 3.03. The molecule has 0 N–H and O–H groups in total. The largest absolute Gasteiger partial charge is 0.0911 e. The molecule has 0 saturated heterocycles. The lowest BCUT2D eigenvalue weighted by Gasteiger charge is -2.06. The number of hydrogen-bond acceptors (Lipinski definition) is 0. The Morgan fingerprint density at radius 3 is 2.58 bits per heavy atom. The summed E-state index contributed by atoms with van der Waals surface area (Å²) >= 11 is 0. The lowest BCUT2D eigenvalue weighted by molar-refractivity contribution is 1.32. The second-order valence-corrected chi connectivity index (χ2v) is 5.02. The fraction of sp³-hybridized carbons (Fsp3) is 0.0526. The van der Waals surface area contributed by atoms with Crippen molar-refractivity contribution in [3.63, 3.8) is 0 Å². The molecule has 0 heterocycles. The van der Waals surface area contributed by atoms with Gasteiger partial charge in [0.2, 0.25) is 0 Å². The van der Waals surface area contributed by atoms with Crippen LogP contribution in [0, 0.1) is 16.5 Å². The van der Waals surface area contributed by atoms with Gasteiger partial charge in [0, 0.05) is 0 Å². The molecule has 1 radical (unpaired) electrons. The molecule has 0 unspecified atom stereocenters. The van der Waals surface area contributed by atoms with Gasteiger partial charge in [-0.3, -0.25) is 0 Å². The lowest BCUT2D eigenvalue weighted by atomic mass is 9.97. The molecule has 89 valence electrons. The summed E-state index contributed by atoms with van der Waals surface area (Å²) in [7, 11) is 0. The zero-order valence-corrected chi connectivity index (χ0v) is 10.6. The Kier molecular flexibility index (Phi) is 2.13. The minimum absolute atomic E-state index is 0.954. The second kappa shape index (κ2) is 3.83. The SMILES string of the molecule is C=c1[c]c2c(cc1)=c1ccccc1=C2C1=CC=CC1. The Morgan fingerprint density at radius 1 is 0.947 bits per heavy atom. The van der Waals surface area contributed by atoms with E-state index >= 15 is 0 Å². The van der Waals surface area contributed by atoms with Gasteiger partial charge in [0.05, 0.1) is 0 Å². The van der Waals surface area contributed by atoms with E-state index in [4.69, 9.17) is 0 Å². The predicted octanol–water partition coefficient (Wildman–Crippen LogP) is 2.58. The molecule has 0 amide bonds. The topological polar surface area (TPSA) is 0 Å². The van der Waals surface area contributed by atoms with Crippen LogP contribution in [-0.4, -0.2) is 0 Å². The van der Waals surface area contributed by atoms with Crippen LogP contribution in [-0.2, 0) is 0 Å². The summed E-state index contributed by atoms with van der Waals surface area (Å²) in [6, 6.07) is 16.3. The summed E-state index contributed by atoms with van der Waals surface area (Å²) < 4.78 is 0. The van der Waals surface area contributed by atoms with E-state index in [2.05, 4.69) is 61.2 Å². The van der Waals surface area contributed by atoms with E-state index in [1.54, 1.807) is 0 Å². The van der Waals surface area contributed by atoms with E-state index in [1.165, 1.54) is 32.4 Å². The highest BCUT2D eigenvalue weighted by molar-refractivity contribution is 5.82. The van der Waals surface area contributed by atoms with Crippen molar-refractivity contribution in [3.8, 4) is 0 Å². The smallest absolute Gasteiger partial charge is 0.00112 e. The second-order valence-electron chi connectivity index (χ2n) is 5.02. The quantitative estimate of drug-likeness (QED) is 0.720.